The summed E-state index contributed by atoms with van der Waals surface area (Å²) in [6.07, 6.45) is 5.78. The van der Waals surface area contributed by atoms with Gasteiger partial charge in [-0.25, -0.2) is 0 Å². The average molecular weight is 327 g/mol. The lowest BCUT2D eigenvalue weighted by Gasteiger charge is -2.27. The second-order valence-electron chi connectivity index (χ2n) is 6.63. The van der Waals surface area contributed by atoms with Crippen LogP contribution in [0, 0.1) is 0 Å². The van der Waals surface area contributed by atoms with Gasteiger partial charge in [-0.2, -0.15) is 0 Å². The number of hydrogen-bond donors (Lipinski definition) is 1. The highest BCUT2D eigenvalue weighted by Gasteiger charge is 2.24. The minimum Gasteiger partial charge on any atom is -0.398 e. The van der Waals surface area contributed by atoms with Gasteiger partial charge in [0.15, 0.2) is 0 Å². The number of nitrogens with two attached hydrogens (primary N) is 1. The van der Waals surface area contributed by atoms with Crippen LogP contribution in [-0.4, -0.2) is 28.5 Å². The molecule has 2 N–H and O–H groups in total. The van der Waals surface area contributed by atoms with Crippen molar-refractivity contribution in [3.8, 4) is 0 Å². The summed E-state index contributed by atoms with van der Waals surface area (Å²) in [5.74, 6) is -0.165. The lowest BCUT2D eigenvalue weighted by Crippen LogP contribution is -2.38. The molecule has 1 atom stereocenters. The Morgan fingerprint density at radius 2 is 1.96 bits per heavy atom. The molecule has 24 heavy (non-hydrogen) atoms. The highest BCUT2D eigenvalue weighted by Crippen LogP contribution is 2.24. The quantitative estimate of drug-likeness (QED) is 0.880. The van der Waals surface area contributed by atoms with Crippen LogP contribution in [0.25, 0.3) is 10.9 Å². The number of nitrogens with zero attached hydrogens (tertiary/aromatic N) is 2. The minimum absolute atomic E-state index is 0.165. The molecule has 1 aromatic carbocycles. The molecule has 1 unspecified atom stereocenters. The van der Waals surface area contributed by atoms with Crippen LogP contribution in [0.4, 0.5) is 5.69 Å². The van der Waals surface area contributed by atoms with Crippen molar-refractivity contribution < 1.29 is 4.79 Å². The van der Waals surface area contributed by atoms with Gasteiger partial charge in [0.05, 0.1) is 10.9 Å². The number of pyridine rings is 1. The predicted molar refractivity (Wildman–Crippen MR) is 97.4 cm³/mol. The molecule has 128 valence electrons. The summed E-state index contributed by atoms with van der Waals surface area (Å²) in [5.41, 5.74) is 7.29. The maximum atomic E-state index is 13.0. The van der Waals surface area contributed by atoms with Crippen LogP contribution in [0.15, 0.2) is 29.2 Å². The molecular weight excluding hydrogens is 302 g/mol. The molecule has 1 aromatic heterocycles. The molecule has 0 spiro atoms. The van der Waals surface area contributed by atoms with Gasteiger partial charge in [-0.05, 0) is 44.7 Å². The molecule has 0 saturated carbocycles. The van der Waals surface area contributed by atoms with Crippen molar-refractivity contribution in [2.45, 2.75) is 45.6 Å². The number of aromatic nitrogens is 1. The molecule has 1 fully saturated rings. The first-order valence-electron chi connectivity index (χ1n) is 8.77. The minimum atomic E-state index is -0.252. The summed E-state index contributed by atoms with van der Waals surface area (Å²) in [4.78, 5) is 27.7. The zero-order chi connectivity index (χ0) is 17.3. The Bertz CT molecular complexity index is 819. The van der Waals surface area contributed by atoms with Gasteiger partial charge >= 0.3 is 0 Å². The van der Waals surface area contributed by atoms with Crippen molar-refractivity contribution in [2.24, 2.45) is 0 Å². The van der Waals surface area contributed by atoms with Gasteiger partial charge in [-0.1, -0.05) is 13.0 Å². The molecule has 0 bridgehead atoms. The van der Waals surface area contributed by atoms with Gasteiger partial charge in [-0.15, -0.1) is 0 Å². The second-order valence-corrected chi connectivity index (χ2v) is 6.63. The van der Waals surface area contributed by atoms with E-state index in [-0.39, 0.29) is 22.9 Å². The van der Waals surface area contributed by atoms with Crippen LogP contribution in [0.2, 0.25) is 0 Å². The number of hydrogen-bond acceptors (Lipinski definition) is 3. The lowest BCUT2D eigenvalue weighted by molar-refractivity contribution is 0.0722. The van der Waals surface area contributed by atoms with Gasteiger partial charge in [0.2, 0.25) is 5.43 Å². The molecule has 5 heteroatoms. The number of benzene rings is 1. The number of rotatable bonds is 3. The fourth-order valence-electron chi connectivity index (χ4n) is 3.40. The fourth-order valence-corrected chi connectivity index (χ4v) is 3.40. The number of fused-ring (bicyclic) bond motifs is 1. The Morgan fingerprint density at radius 3 is 2.62 bits per heavy atom. The van der Waals surface area contributed by atoms with Gasteiger partial charge in [-0.3, -0.25) is 9.59 Å². The molecule has 1 amide bonds. The van der Waals surface area contributed by atoms with E-state index in [1.165, 1.54) is 0 Å². The van der Waals surface area contributed by atoms with Gasteiger partial charge in [0, 0.05) is 31.0 Å². The van der Waals surface area contributed by atoms with Crippen LogP contribution in [-0.2, 0) is 0 Å². The third-order valence-electron chi connectivity index (χ3n) is 5.03. The number of amides is 1. The van der Waals surface area contributed by atoms with Crippen molar-refractivity contribution >= 4 is 22.5 Å². The van der Waals surface area contributed by atoms with E-state index in [4.69, 9.17) is 5.73 Å². The van der Waals surface area contributed by atoms with Crippen LogP contribution in [0.5, 0.6) is 0 Å². The summed E-state index contributed by atoms with van der Waals surface area (Å²) in [7, 11) is 0. The first kappa shape index (κ1) is 16.6. The van der Waals surface area contributed by atoms with Crippen LogP contribution in [0.3, 0.4) is 0 Å². The molecule has 1 saturated heterocycles. The van der Waals surface area contributed by atoms with Crippen molar-refractivity contribution in [2.75, 3.05) is 18.8 Å². The highest BCUT2D eigenvalue weighted by molar-refractivity contribution is 6.00. The first-order valence-corrected chi connectivity index (χ1v) is 8.77. The van der Waals surface area contributed by atoms with E-state index in [1.807, 2.05) is 16.7 Å². The van der Waals surface area contributed by atoms with Crippen LogP contribution in [0.1, 0.15) is 55.9 Å². The maximum Gasteiger partial charge on any atom is 0.259 e. The lowest BCUT2D eigenvalue weighted by atomic mass is 10.1. The van der Waals surface area contributed by atoms with E-state index in [2.05, 4.69) is 13.8 Å². The third kappa shape index (κ3) is 2.79. The van der Waals surface area contributed by atoms with Gasteiger partial charge in [0.25, 0.3) is 5.91 Å². The monoisotopic (exact) mass is 327 g/mol. The van der Waals surface area contributed by atoms with Crippen molar-refractivity contribution in [1.82, 2.24) is 9.47 Å². The molecule has 3 rings (SSSR count). The van der Waals surface area contributed by atoms with Crippen LogP contribution < -0.4 is 11.2 Å². The fraction of sp³-hybridized carbons (Fsp3) is 0.474. The van der Waals surface area contributed by atoms with E-state index < -0.39 is 0 Å². The molecule has 0 radical (unpaired) electrons. The number of anilines is 1. The summed E-state index contributed by atoms with van der Waals surface area (Å²) in [6.45, 7) is 5.63. The van der Waals surface area contributed by atoms with E-state index >= 15 is 0 Å². The molecule has 2 heterocycles. The van der Waals surface area contributed by atoms with Crippen molar-refractivity contribution in [1.29, 1.82) is 0 Å². The Labute approximate surface area is 142 Å². The average Bonchev–Trinajstić information content (AvgIpc) is 2.61. The maximum absolute atomic E-state index is 13.0. The standard InChI is InChI=1S/C19H25N3O2/c1-3-13(2)22-12-14(19(24)21-10-5-4-6-11-21)18(23)17-15(20)8-7-9-16(17)22/h7-9,12-13H,3-6,10-11,20H2,1-2H3. The van der Waals surface area contributed by atoms with E-state index in [0.717, 1.165) is 44.3 Å². The Morgan fingerprint density at radius 1 is 1.25 bits per heavy atom. The van der Waals surface area contributed by atoms with Crippen molar-refractivity contribution in [3.63, 3.8) is 0 Å². The zero-order valence-electron chi connectivity index (χ0n) is 14.4. The molecular formula is C19H25N3O2. The number of piperidine rings is 1. The molecule has 1 aliphatic rings. The first-order chi connectivity index (χ1) is 11.5. The molecule has 5 nitrogen and oxygen atoms in total. The summed E-state index contributed by atoms with van der Waals surface area (Å²) >= 11 is 0. The van der Waals surface area contributed by atoms with E-state index in [1.54, 1.807) is 17.2 Å². The molecule has 2 aromatic rings. The largest absolute Gasteiger partial charge is 0.398 e. The third-order valence-corrected chi connectivity index (χ3v) is 5.03. The Balaban J connectivity index is 2.21. The van der Waals surface area contributed by atoms with Gasteiger partial charge in [0.1, 0.15) is 5.56 Å². The molecule has 0 aliphatic carbocycles. The number of likely N-dealkylation sites (tertiary alicyclic amines) is 1. The van der Waals surface area contributed by atoms with Crippen molar-refractivity contribution in [3.05, 3.63) is 40.2 Å². The Hall–Kier alpha value is -2.30. The number of carbonyl (C=O) groups is 1. The topological polar surface area (TPSA) is 68.3 Å². The number of carbonyl (C=O) groups excluding carboxylic acids is 1. The SMILES string of the molecule is CCC(C)n1cc(C(=O)N2CCCCC2)c(=O)c2c(N)cccc21. The number of nitrogen functional groups attached to an aromatic ring is 1. The highest BCUT2D eigenvalue weighted by atomic mass is 16.2. The molecule has 1 aliphatic heterocycles. The normalized spacial score (nSPS) is 16.3. The zero-order valence-corrected chi connectivity index (χ0v) is 14.4. The van der Waals surface area contributed by atoms with E-state index in [0.29, 0.717) is 11.1 Å². The second kappa shape index (κ2) is 6.67. The summed E-state index contributed by atoms with van der Waals surface area (Å²) in [5, 5.41) is 0.459. The Kier molecular flexibility index (Phi) is 4.60. The van der Waals surface area contributed by atoms with E-state index in [9.17, 15) is 9.59 Å². The van der Waals surface area contributed by atoms with Gasteiger partial charge < -0.3 is 15.2 Å². The van der Waals surface area contributed by atoms with Crippen LogP contribution >= 0.6 is 0 Å². The smallest absolute Gasteiger partial charge is 0.259 e. The predicted octanol–water partition coefficient (Wildman–Crippen LogP) is 3.18. The summed E-state index contributed by atoms with van der Waals surface area (Å²) in [6, 6.07) is 5.65. The summed E-state index contributed by atoms with van der Waals surface area (Å²) < 4.78 is 2.02.